The highest BCUT2D eigenvalue weighted by atomic mass is 16.6. The number of carbonyl (C=O) groups is 2. The minimum Gasteiger partial charge on any atom is -0.436 e. The molecule has 1 unspecified atom stereocenters. The van der Waals surface area contributed by atoms with E-state index in [0.717, 1.165) is 12.0 Å². The first-order valence-corrected chi connectivity index (χ1v) is 5.74. The number of amides is 2. The summed E-state index contributed by atoms with van der Waals surface area (Å²) >= 11 is 0. The number of nitrogens with one attached hydrogen (secondary N) is 1. The summed E-state index contributed by atoms with van der Waals surface area (Å²) in [4.78, 5) is 22.1. The van der Waals surface area contributed by atoms with E-state index in [1.165, 1.54) is 7.05 Å². The van der Waals surface area contributed by atoms with Crippen LogP contribution in [0.15, 0.2) is 23.8 Å². The van der Waals surface area contributed by atoms with Gasteiger partial charge in [0.2, 0.25) is 0 Å². The van der Waals surface area contributed by atoms with Crippen LogP contribution in [-0.2, 0) is 14.3 Å². The van der Waals surface area contributed by atoms with E-state index in [2.05, 4.69) is 5.32 Å². The van der Waals surface area contributed by atoms with E-state index in [1.807, 2.05) is 12.2 Å². The molecule has 3 N–H and O–H groups in total. The Hall–Kier alpha value is -1.82. The summed E-state index contributed by atoms with van der Waals surface area (Å²) in [5.74, 6) is -0.376. The van der Waals surface area contributed by atoms with E-state index in [1.54, 1.807) is 6.08 Å². The zero-order valence-corrected chi connectivity index (χ0v) is 10.3. The van der Waals surface area contributed by atoms with Crippen molar-refractivity contribution in [1.82, 2.24) is 5.32 Å². The summed E-state index contributed by atoms with van der Waals surface area (Å²) < 4.78 is 9.90. The highest BCUT2D eigenvalue weighted by Crippen LogP contribution is 2.10. The maximum absolute atomic E-state index is 11.4. The fraction of sp³-hybridized carbons (Fsp3) is 0.500. The quantitative estimate of drug-likeness (QED) is 0.747. The van der Waals surface area contributed by atoms with Gasteiger partial charge in [-0.15, -0.1) is 0 Å². The smallest absolute Gasteiger partial charge is 0.405 e. The largest absolute Gasteiger partial charge is 0.436 e. The Morgan fingerprint density at radius 1 is 1.67 bits per heavy atom. The highest BCUT2D eigenvalue weighted by molar-refractivity contribution is 5.83. The first-order valence-electron chi connectivity index (χ1n) is 5.74. The fourth-order valence-corrected chi connectivity index (χ4v) is 1.55. The number of hydrogen-bond donors (Lipinski definition) is 2. The fourth-order valence-electron chi connectivity index (χ4n) is 1.55. The summed E-state index contributed by atoms with van der Waals surface area (Å²) in [7, 11) is 1.48. The van der Waals surface area contributed by atoms with Crippen LogP contribution in [0.25, 0.3) is 0 Å². The van der Waals surface area contributed by atoms with Crippen molar-refractivity contribution in [3.8, 4) is 0 Å². The van der Waals surface area contributed by atoms with Crippen LogP contribution in [0.4, 0.5) is 4.79 Å². The maximum Gasteiger partial charge on any atom is 0.405 e. The minimum absolute atomic E-state index is 0.292. The molecule has 0 spiro atoms. The lowest BCUT2D eigenvalue weighted by Gasteiger charge is -2.13. The van der Waals surface area contributed by atoms with Crippen molar-refractivity contribution in [3.05, 3.63) is 23.8 Å². The second-order valence-electron chi connectivity index (χ2n) is 3.78. The predicted molar refractivity (Wildman–Crippen MR) is 65.8 cm³/mol. The average molecular weight is 254 g/mol. The lowest BCUT2D eigenvalue weighted by Crippen LogP contribution is -2.36. The number of carbonyl (C=O) groups excluding carboxylic acids is 2. The van der Waals surface area contributed by atoms with Crippen LogP contribution < -0.4 is 11.1 Å². The van der Waals surface area contributed by atoms with Crippen LogP contribution >= 0.6 is 0 Å². The number of allylic oxidation sites excluding steroid dienone is 1. The molecule has 0 saturated heterocycles. The van der Waals surface area contributed by atoms with Gasteiger partial charge in [-0.2, -0.15) is 0 Å². The zero-order valence-electron chi connectivity index (χ0n) is 10.3. The molecule has 0 aliphatic carbocycles. The standard InChI is InChI=1S/C12H18N2O4/c1-14-11(15)10(18-12(13)16)4-2-3-9-5-7-17-8-6-9/h2-3,5,10H,4,6-8H2,1H3,(H2,13,16)(H,14,15)/b3-2+. The van der Waals surface area contributed by atoms with E-state index in [4.69, 9.17) is 15.2 Å². The van der Waals surface area contributed by atoms with Crippen molar-refractivity contribution in [2.45, 2.75) is 18.9 Å². The van der Waals surface area contributed by atoms with Gasteiger partial charge >= 0.3 is 6.09 Å². The first-order chi connectivity index (χ1) is 8.63. The summed E-state index contributed by atoms with van der Waals surface area (Å²) in [6.07, 6.45) is 4.97. The van der Waals surface area contributed by atoms with E-state index in [0.29, 0.717) is 19.6 Å². The van der Waals surface area contributed by atoms with Gasteiger partial charge in [0.1, 0.15) is 0 Å². The molecule has 0 aromatic rings. The monoisotopic (exact) mass is 254 g/mol. The molecule has 1 heterocycles. The van der Waals surface area contributed by atoms with Gasteiger partial charge in [0, 0.05) is 13.5 Å². The minimum atomic E-state index is -0.956. The Kier molecular flexibility index (Phi) is 5.93. The van der Waals surface area contributed by atoms with Crippen LogP contribution in [0.2, 0.25) is 0 Å². The molecule has 0 aromatic heterocycles. The molecule has 1 aliphatic heterocycles. The zero-order chi connectivity index (χ0) is 13.4. The van der Waals surface area contributed by atoms with Crippen molar-refractivity contribution >= 4 is 12.0 Å². The SMILES string of the molecule is CNC(=O)C(C/C=C/C1=CCOCC1)OC(N)=O. The topological polar surface area (TPSA) is 90.7 Å². The van der Waals surface area contributed by atoms with Crippen LogP contribution in [0.1, 0.15) is 12.8 Å². The Bertz CT molecular complexity index is 363. The van der Waals surface area contributed by atoms with Gasteiger partial charge in [-0.25, -0.2) is 4.79 Å². The van der Waals surface area contributed by atoms with E-state index < -0.39 is 12.2 Å². The van der Waals surface area contributed by atoms with Gasteiger partial charge in [-0.3, -0.25) is 4.79 Å². The van der Waals surface area contributed by atoms with Gasteiger partial charge in [0.05, 0.1) is 13.2 Å². The second-order valence-corrected chi connectivity index (χ2v) is 3.78. The van der Waals surface area contributed by atoms with E-state index in [9.17, 15) is 9.59 Å². The normalized spacial score (nSPS) is 17.1. The summed E-state index contributed by atoms with van der Waals surface area (Å²) in [5.41, 5.74) is 6.06. The van der Waals surface area contributed by atoms with Gasteiger partial charge in [0.25, 0.3) is 5.91 Å². The molecule has 6 nitrogen and oxygen atoms in total. The molecule has 1 aliphatic rings. The van der Waals surface area contributed by atoms with Crippen LogP contribution in [-0.4, -0.2) is 38.4 Å². The van der Waals surface area contributed by atoms with Gasteiger partial charge in [-0.1, -0.05) is 18.2 Å². The summed E-state index contributed by atoms with van der Waals surface area (Å²) in [6.45, 7) is 1.31. The molecular weight excluding hydrogens is 236 g/mol. The van der Waals surface area contributed by atoms with Gasteiger partial charge in [0.15, 0.2) is 6.10 Å². The second kappa shape index (κ2) is 7.50. The molecule has 1 atom stereocenters. The van der Waals surface area contributed by atoms with Crippen LogP contribution in [0.3, 0.4) is 0 Å². The Labute approximate surface area is 106 Å². The number of hydrogen-bond acceptors (Lipinski definition) is 4. The molecule has 0 saturated carbocycles. The molecule has 2 amide bonds. The number of nitrogens with two attached hydrogens (primary N) is 1. The Morgan fingerprint density at radius 3 is 3.00 bits per heavy atom. The molecular formula is C12H18N2O4. The van der Waals surface area contributed by atoms with Crippen molar-refractivity contribution in [2.75, 3.05) is 20.3 Å². The third kappa shape index (κ3) is 5.01. The maximum atomic E-state index is 11.4. The van der Waals surface area contributed by atoms with Gasteiger partial charge in [-0.05, 0) is 12.0 Å². The first kappa shape index (κ1) is 14.2. The number of rotatable bonds is 5. The van der Waals surface area contributed by atoms with Crippen molar-refractivity contribution in [2.24, 2.45) is 5.73 Å². The van der Waals surface area contributed by atoms with Crippen molar-refractivity contribution in [1.29, 1.82) is 0 Å². The summed E-state index contributed by atoms with van der Waals surface area (Å²) in [6, 6.07) is 0. The van der Waals surface area contributed by atoms with Crippen molar-refractivity contribution < 1.29 is 19.1 Å². The Morgan fingerprint density at radius 2 is 2.44 bits per heavy atom. The third-order valence-corrected chi connectivity index (χ3v) is 2.48. The molecule has 18 heavy (non-hydrogen) atoms. The van der Waals surface area contributed by atoms with Crippen LogP contribution in [0.5, 0.6) is 0 Å². The molecule has 0 radical (unpaired) electrons. The van der Waals surface area contributed by atoms with E-state index >= 15 is 0 Å². The molecule has 100 valence electrons. The molecule has 0 aromatic carbocycles. The highest BCUT2D eigenvalue weighted by Gasteiger charge is 2.18. The number of ether oxygens (including phenoxy) is 2. The van der Waals surface area contributed by atoms with Crippen LogP contribution in [0, 0.1) is 0 Å². The van der Waals surface area contributed by atoms with E-state index in [-0.39, 0.29) is 5.91 Å². The molecule has 0 bridgehead atoms. The summed E-state index contributed by atoms with van der Waals surface area (Å²) in [5, 5.41) is 2.42. The lowest BCUT2D eigenvalue weighted by molar-refractivity contribution is -0.128. The lowest BCUT2D eigenvalue weighted by atomic mass is 10.1. The molecule has 1 rings (SSSR count). The predicted octanol–water partition coefficient (Wildman–Crippen LogP) is 0.489. The van der Waals surface area contributed by atoms with Crippen molar-refractivity contribution in [3.63, 3.8) is 0 Å². The number of primary amides is 1. The third-order valence-electron chi connectivity index (χ3n) is 2.48. The molecule has 0 fully saturated rings. The average Bonchev–Trinajstić information content (AvgIpc) is 2.37. The Balaban J connectivity index is 2.50. The number of likely N-dealkylation sites (N-methyl/N-ethyl adjacent to an activating group) is 1. The molecule has 6 heteroatoms. The van der Waals surface area contributed by atoms with Gasteiger partial charge < -0.3 is 20.5 Å².